The summed E-state index contributed by atoms with van der Waals surface area (Å²) in [6.45, 7) is 1.13. The number of hydrogen-bond donors (Lipinski definition) is 0. The van der Waals surface area contributed by atoms with Crippen molar-refractivity contribution in [1.82, 2.24) is 0 Å². The van der Waals surface area contributed by atoms with Crippen LogP contribution in [-0.2, 0) is 21.1 Å². The quantitative estimate of drug-likeness (QED) is 0.707. The second kappa shape index (κ2) is 7.17. The lowest BCUT2D eigenvalue weighted by atomic mass is 10.1. The van der Waals surface area contributed by atoms with E-state index in [0.717, 1.165) is 5.56 Å². The zero-order chi connectivity index (χ0) is 18.0. The number of carbonyl (C=O) groups is 1. The van der Waals surface area contributed by atoms with Crippen LogP contribution in [0.25, 0.3) is 0 Å². The number of hydrogen-bond acceptors (Lipinski definition) is 5. The highest BCUT2D eigenvalue weighted by molar-refractivity contribution is 9.10. The Bertz CT molecular complexity index is 911. The lowest BCUT2D eigenvalue weighted by Crippen LogP contribution is -2.24. The first-order valence-corrected chi connectivity index (χ1v) is 10.3. The first-order valence-electron chi connectivity index (χ1n) is 7.86. The Hall–Kier alpha value is -1.86. The van der Waals surface area contributed by atoms with Gasteiger partial charge in [0.05, 0.1) is 29.0 Å². The molecule has 0 radical (unpaired) electrons. The summed E-state index contributed by atoms with van der Waals surface area (Å²) in [4.78, 5) is 14.3. The van der Waals surface area contributed by atoms with E-state index < -0.39 is 15.8 Å². The van der Waals surface area contributed by atoms with Crippen LogP contribution < -0.4 is 4.90 Å². The number of ether oxygens (including phenoxy) is 1. The highest BCUT2D eigenvalue weighted by Crippen LogP contribution is 2.32. The Morgan fingerprint density at radius 2 is 1.96 bits per heavy atom. The molecule has 0 aromatic heterocycles. The molecule has 0 saturated heterocycles. The fourth-order valence-corrected chi connectivity index (χ4v) is 5.08. The zero-order valence-electron chi connectivity index (χ0n) is 13.7. The van der Waals surface area contributed by atoms with Crippen LogP contribution in [0.15, 0.2) is 51.8 Å². The van der Waals surface area contributed by atoms with Gasteiger partial charge in [-0.1, -0.05) is 24.3 Å². The fraction of sp³-hybridized carbons (Fsp3) is 0.278. The third-order valence-electron chi connectivity index (χ3n) is 4.23. The predicted octanol–water partition coefficient (Wildman–Crippen LogP) is 3.42. The van der Waals surface area contributed by atoms with Gasteiger partial charge >= 0.3 is 5.97 Å². The molecule has 0 amide bonds. The molecule has 5 nitrogen and oxygen atoms in total. The van der Waals surface area contributed by atoms with Crippen LogP contribution in [0.4, 0.5) is 5.69 Å². The van der Waals surface area contributed by atoms with Crippen LogP contribution >= 0.6 is 15.9 Å². The molecule has 0 spiro atoms. The van der Waals surface area contributed by atoms with E-state index in [-0.39, 0.29) is 5.75 Å². The largest absolute Gasteiger partial charge is 0.465 e. The fourth-order valence-electron chi connectivity index (χ4n) is 3.00. The average Bonchev–Trinajstić information content (AvgIpc) is 2.73. The molecule has 2 aromatic carbocycles. The maximum absolute atomic E-state index is 12.4. The number of fused-ring (bicyclic) bond motifs is 1. The minimum absolute atomic E-state index is 0.143. The number of para-hydroxylation sites is 1. The number of methoxy groups -OCH3 is 1. The molecule has 7 heteroatoms. The van der Waals surface area contributed by atoms with Gasteiger partial charge in [-0.05, 0) is 46.1 Å². The normalized spacial score (nSPS) is 16.0. The van der Waals surface area contributed by atoms with E-state index in [1.165, 1.54) is 7.11 Å². The summed E-state index contributed by atoms with van der Waals surface area (Å²) in [6, 6.07) is 12.5. The Morgan fingerprint density at radius 1 is 1.20 bits per heavy atom. The Labute approximate surface area is 155 Å². The Kier molecular flexibility index (Phi) is 5.15. The van der Waals surface area contributed by atoms with Crippen LogP contribution in [-0.4, -0.2) is 33.8 Å². The average molecular weight is 424 g/mol. The Morgan fingerprint density at radius 3 is 2.72 bits per heavy atom. The van der Waals surface area contributed by atoms with Crippen molar-refractivity contribution in [2.75, 3.05) is 24.3 Å². The van der Waals surface area contributed by atoms with Crippen molar-refractivity contribution in [1.29, 1.82) is 0 Å². The van der Waals surface area contributed by atoms with Gasteiger partial charge in [0.25, 0.3) is 0 Å². The Balaban J connectivity index is 2.00. The second-order valence-corrected chi connectivity index (χ2v) is 8.70. The maximum Gasteiger partial charge on any atom is 0.339 e. The summed E-state index contributed by atoms with van der Waals surface area (Å²) in [6.07, 6.45) is 0.561. The van der Waals surface area contributed by atoms with E-state index in [4.69, 9.17) is 4.74 Å². The van der Waals surface area contributed by atoms with E-state index in [1.807, 2.05) is 23.1 Å². The van der Waals surface area contributed by atoms with E-state index >= 15 is 0 Å². The molecule has 0 N–H and O–H groups in total. The molecule has 25 heavy (non-hydrogen) atoms. The molecule has 0 bridgehead atoms. The van der Waals surface area contributed by atoms with Gasteiger partial charge in [-0.25, -0.2) is 13.2 Å². The molecule has 0 atom stereocenters. The van der Waals surface area contributed by atoms with Gasteiger partial charge in [-0.2, -0.15) is 0 Å². The van der Waals surface area contributed by atoms with Crippen molar-refractivity contribution in [2.45, 2.75) is 17.9 Å². The summed E-state index contributed by atoms with van der Waals surface area (Å²) in [5, 5.41) is 0. The highest BCUT2D eigenvalue weighted by atomic mass is 79.9. The van der Waals surface area contributed by atoms with Crippen molar-refractivity contribution < 1.29 is 17.9 Å². The van der Waals surface area contributed by atoms with Gasteiger partial charge in [-0.15, -0.1) is 0 Å². The summed E-state index contributed by atoms with van der Waals surface area (Å²) in [7, 11) is -1.92. The summed E-state index contributed by atoms with van der Waals surface area (Å²) >= 11 is 3.49. The van der Waals surface area contributed by atoms with Crippen molar-refractivity contribution in [3.8, 4) is 0 Å². The first-order chi connectivity index (χ1) is 11.9. The molecule has 0 unspecified atom stereocenters. The smallest absolute Gasteiger partial charge is 0.339 e. The molecule has 2 aromatic rings. The number of halogens is 1. The molecule has 1 aliphatic rings. The second-order valence-electron chi connectivity index (χ2n) is 5.83. The van der Waals surface area contributed by atoms with Gasteiger partial charge in [0, 0.05) is 17.6 Å². The summed E-state index contributed by atoms with van der Waals surface area (Å²) in [5.74, 6) is -0.267. The van der Waals surface area contributed by atoms with Gasteiger partial charge in [0.2, 0.25) is 0 Å². The number of rotatable bonds is 3. The molecule has 3 rings (SSSR count). The number of carbonyl (C=O) groups excluding carboxylic acids is 1. The van der Waals surface area contributed by atoms with Crippen molar-refractivity contribution in [3.63, 3.8) is 0 Å². The van der Waals surface area contributed by atoms with Crippen LogP contribution in [0.3, 0.4) is 0 Å². The van der Waals surface area contributed by atoms with E-state index in [0.29, 0.717) is 40.1 Å². The van der Waals surface area contributed by atoms with Crippen LogP contribution in [0.1, 0.15) is 22.3 Å². The van der Waals surface area contributed by atoms with E-state index in [9.17, 15) is 13.2 Å². The molecule has 132 valence electrons. The number of benzene rings is 2. The highest BCUT2D eigenvalue weighted by Gasteiger charge is 2.26. The number of sulfone groups is 1. The lowest BCUT2D eigenvalue weighted by Gasteiger charge is -2.25. The standard InChI is InChI=1S/C18H18BrNO4S/c1-24-18(21)14-7-4-6-13(17(14)19)12-20-10-5-11-25(22,23)16-9-3-2-8-15(16)20/h2-4,6-9H,5,10-12H2,1H3. The molecule has 1 aliphatic heterocycles. The van der Waals surface area contributed by atoms with Gasteiger partial charge < -0.3 is 9.64 Å². The lowest BCUT2D eigenvalue weighted by molar-refractivity contribution is 0.0599. The van der Waals surface area contributed by atoms with Crippen molar-refractivity contribution in [2.24, 2.45) is 0 Å². The third-order valence-corrected chi connectivity index (χ3v) is 7.01. The molecular weight excluding hydrogens is 406 g/mol. The number of nitrogens with zero attached hydrogens (tertiary/aromatic N) is 1. The number of esters is 1. The van der Waals surface area contributed by atoms with Crippen molar-refractivity contribution in [3.05, 3.63) is 58.1 Å². The van der Waals surface area contributed by atoms with Crippen LogP contribution in [0.5, 0.6) is 0 Å². The molecule has 0 saturated carbocycles. The van der Waals surface area contributed by atoms with Gasteiger partial charge in [0.1, 0.15) is 0 Å². The zero-order valence-corrected chi connectivity index (χ0v) is 16.1. The van der Waals surface area contributed by atoms with Gasteiger partial charge in [0.15, 0.2) is 9.84 Å². The first kappa shape index (κ1) is 17.9. The van der Waals surface area contributed by atoms with E-state index in [1.54, 1.807) is 24.3 Å². The molecule has 0 fully saturated rings. The minimum Gasteiger partial charge on any atom is -0.465 e. The van der Waals surface area contributed by atoms with Gasteiger partial charge in [-0.3, -0.25) is 0 Å². The number of anilines is 1. The maximum atomic E-state index is 12.4. The SMILES string of the molecule is COC(=O)c1cccc(CN2CCCS(=O)(=O)c3ccccc32)c1Br. The van der Waals surface area contributed by atoms with Crippen LogP contribution in [0.2, 0.25) is 0 Å². The predicted molar refractivity (Wildman–Crippen MR) is 99.6 cm³/mol. The summed E-state index contributed by atoms with van der Waals surface area (Å²) < 4.78 is 30.4. The molecular formula is C18H18BrNO4S. The summed E-state index contributed by atoms with van der Waals surface area (Å²) in [5.41, 5.74) is 2.06. The van der Waals surface area contributed by atoms with Crippen molar-refractivity contribution >= 4 is 37.4 Å². The monoisotopic (exact) mass is 423 g/mol. The van der Waals surface area contributed by atoms with Crippen LogP contribution in [0, 0.1) is 0 Å². The molecule has 0 aliphatic carbocycles. The third kappa shape index (κ3) is 3.57. The minimum atomic E-state index is -3.27. The molecule has 1 heterocycles. The van der Waals surface area contributed by atoms with E-state index in [2.05, 4.69) is 15.9 Å². The topological polar surface area (TPSA) is 63.7 Å².